The van der Waals surface area contributed by atoms with Crippen LogP contribution in [0.25, 0.3) is 11.0 Å². The van der Waals surface area contributed by atoms with Gasteiger partial charge >= 0.3 is 5.97 Å². The quantitative estimate of drug-likeness (QED) is 0.378. The first-order valence-electron chi connectivity index (χ1n) is 9.09. The van der Waals surface area contributed by atoms with Crippen LogP contribution >= 0.6 is 15.9 Å². The van der Waals surface area contributed by atoms with E-state index in [2.05, 4.69) is 26.0 Å². The maximum absolute atomic E-state index is 11.6. The minimum absolute atomic E-state index is 0.393. The molecule has 0 spiro atoms. The van der Waals surface area contributed by atoms with Gasteiger partial charge in [0.1, 0.15) is 21.9 Å². The normalized spacial score (nSPS) is 10.8. The fraction of sp³-hybridized carbons (Fsp3) is 0.136. The molecule has 2 heterocycles. The monoisotopic (exact) mass is 467 g/mol. The minimum atomic E-state index is -0.393. The smallest absolute Gasteiger partial charge is 0.337 e. The molecule has 0 fully saturated rings. The second-order valence-corrected chi connectivity index (χ2v) is 7.17. The van der Waals surface area contributed by atoms with Crippen LogP contribution < -0.4 is 9.47 Å². The van der Waals surface area contributed by atoms with Gasteiger partial charge in [-0.05, 0) is 57.9 Å². The number of methoxy groups -OCH3 is 2. The van der Waals surface area contributed by atoms with Crippen molar-refractivity contribution in [2.45, 2.75) is 6.54 Å². The molecule has 8 heteroatoms. The van der Waals surface area contributed by atoms with Crippen molar-refractivity contribution in [1.29, 1.82) is 0 Å². The molecule has 0 aliphatic heterocycles. The van der Waals surface area contributed by atoms with Crippen LogP contribution in [0.5, 0.6) is 17.2 Å². The van der Waals surface area contributed by atoms with Crippen LogP contribution in [-0.4, -0.2) is 35.0 Å². The summed E-state index contributed by atoms with van der Waals surface area (Å²) in [4.78, 5) is 16.1. The number of aromatic nitrogens is 3. The first kappa shape index (κ1) is 19.9. The van der Waals surface area contributed by atoms with Gasteiger partial charge in [-0.25, -0.2) is 14.5 Å². The van der Waals surface area contributed by atoms with Crippen LogP contribution in [0.3, 0.4) is 0 Å². The number of benzene rings is 2. The summed E-state index contributed by atoms with van der Waals surface area (Å²) in [5.41, 5.74) is 2.22. The molecule has 0 N–H and O–H groups in total. The van der Waals surface area contributed by atoms with Gasteiger partial charge in [-0.2, -0.15) is 5.10 Å². The molecule has 0 aliphatic carbocycles. The van der Waals surface area contributed by atoms with E-state index < -0.39 is 5.97 Å². The lowest BCUT2D eigenvalue weighted by Gasteiger charge is -2.08. The van der Waals surface area contributed by atoms with E-state index in [-0.39, 0.29) is 0 Å². The van der Waals surface area contributed by atoms with Crippen LogP contribution in [0.15, 0.2) is 65.4 Å². The van der Waals surface area contributed by atoms with Crippen LogP contribution in [0.2, 0.25) is 0 Å². The molecule has 0 atom stereocenters. The SMILES string of the molecule is COC(=O)c1ccc(Oc2ccnc3c2c(Br)nn3Cc2ccc(OC)cc2)cc1. The molecule has 0 radical (unpaired) electrons. The Bertz CT molecular complexity index is 1190. The van der Waals surface area contributed by atoms with Crippen molar-refractivity contribution in [3.8, 4) is 17.2 Å². The number of fused-ring (bicyclic) bond motifs is 1. The summed E-state index contributed by atoms with van der Waals surface area (Å²) >= 11 is 3.53. The van der Waals surface area contributed by atoms with Gasteiger partial charge in [0.25, 0.3) is 0 Å². The van der Waals surface area contributed by atoms with Crippen molar-refractivity contribution in [2.24, 2.45) is 0 Å². The Balaban J connectivity index is 1.63. The standard InChI is InChI=1S/C22H18BrN3O4/c1-28-16-7-3-14(4-8-16)13-26-21-19(20(23)25-26)18(11-12-24-21)30-17-9-5-15(6-10-17)22(27)29-2/h3-12H,13H2,1-2H3. The molecule has 2 aromatic carbocycles. The molecule has 0 amide bonds. The number of nitrogens with zero attached hydrogens (tertiary/aromatic N) is 3. The van der Waals surface area contributed by atoms with E-state index in [1.807, 2.05) is 28.9 Å². The zero-order valence-corrected chi connectivity index (χ0v) is 17.9. The van der Waals surface area contributed by atoms with E-state index in [4.69, 9.17) is 14.2 Å². The molecular weight excluding hydrogens is 450 g/mol. The summed E-state index contributed by atoms with van der Waals surface area (Å²) in [7, 11) is 2.99. The molecule has 152 valence electrons. The number of carbonyl (C=O) groups is 1. The van der Waals surface area contributed by atoms with Crippen molar-refractivity contribution < 1.29 is 19.0 Å². The topological polar surface area (TPSA) is 75.5 Å². The van der Waals surface area contributed by atoms with Crippen molar-refractivity contribution in [1.82, 2.24) is 14.8 Å². The minimum Gasteiger partial charge on any atom is -0.497 e. The van der Waals surface area contributed by atoms with Gasteiger partial charge in [0.15, 0.2) is 5.65 Å². The third-order valence-corrected chi connectivity index (χ3v) is 5.10. The van der Waals surface area contributed by atoms with Gasteiger partial charge < -0.3 is 14.2 Å². The molecule has 0 bridgehead atoms. The Morgan fingerprint density at radius 3 is 2.37 bits per heavy atom. The second kappa shape index (κ2) is 8.54. The Hall–Kier alpha value is -3.39. The lowest BCUT2D eigenvalue weighted by atomic mass is 10.2. The predicted octanol–water partition coefficient (Wildman–Crippen LogP) is 4.83. The van der Waals surface area contributed by atoms with E-state index in [0.29, 0.717) is 33.9 Å². The van der Waals surface area contributed by atoms with Gasteiger partial charge in [-0.15, -0.1) is 0 Å². The van der Waals surface area contributed by atoms with Crippen LogP contribution in [0.4, 0.5) is 0 Å². The lowest BCUT2D eigenvalue weighted by molar-refractivity contribution is 0.0600. The average Bonchev–Trinajstić information content (AvgIpc) is 3.10. The first-order chi connectivity index (χ1) is 14.6. The molecule has 0 aliphatic rings. The highest BCUT2D eigenvalue weighted by molar-refractivity contribution is 9.10. The van der Waals surface area contributed by atoms with Crippen LogP contribution in [0, 0.1) is 0 Å². The summed E-state index contributed by atoms with van der Waals surface area (Å²) in [6.45, 7) is 0.552. The first-order valence-corrected chi connectivity index (χ1v) is 9.88. The fourth-order valence-electron chi connectivity index (χ4n) is 3.03. The Morgan fingerprint density at radius 1 is 1.00 bits per heavy atom. The average molecular weight is 468 g/mol. The van der Waals surface area contributed by atoms with E-state index in [9.17, 15) is 4.79 Å². The maximum atomic E-state index is 11.6. The molecule has 0 saturated heterocycles. The highest BCUT2D eigenvalue weighted by Gasteiger charge is 2.16. The molecule has 4 rings (SSSR count). The number of halogens is 1. The summed E-state index contributed by atoms with van der Waals surface area (Å²) in [6.07, 6.45) is 1.68. The second-order valence-electron chi connectivity index (χ2n) is 6.42. The van der Waals surface area contributed by atoms with Crippen molar-refractivity contribution in [3.63, 3.8) is 0 Å². The van der Waals surface area contributed by atoms with Crippen LogP contribution in [0.1, 0.15) is 15.9 Å². The summed E-state index contributed by atoms with van der Waals surface area (Å²) in [5.74, 6) is 1.61. The zero-order chi connectivity index (χ0) is 21.1. The zero-order valence-electron chi connectivity index (χ0n) is 16.3. The molecule has 2 aromatic heterocycles. The molecular formula is C22H18BrN3O4. The number of pyridine rings is 1. The van der Waals surface area contributed by atoms with E-state index in [1.165, 1.54) is 7.11 Å². The summed E-state index contributed by atoms with van der Waals surface area (Å²) < 4.78 is 18.4. The number of ether oxygens (including phenoxy) is 3. The van der Waals surface area contributed by atoms with E-state index >= 15 is 0 Å². The Kier molecular flexibility index (Phi) is 5.67. The number of carbonyl (C=O) groups excluding carboxylic acids is 1. The Morgan fingerprint density at radius 2 is 1.70 bits per heavy atom. The molecule has 4 aromatic rings. The lowest BCUT2D eigenvalue weighted by Crippen LogP contribution is -2.02. The number of hydrogen-bond acceptors (Lipinski definition) is 6. The largest absolute Gasteiger partial charge is 0.497 e. The third kappa shape index (κ3) is 3.99. The molecule has 0 unspecified atom stereocenters. The van der Waals surface area contributed by atoms with Gasteiger partial charge in [-0.3, -0.25) is 0 Å². The van der Waals surface area contributed by atoms with E-state index in [0.717, 1.165) is 16.7 Å². The molecule has 7 nitrogen and oxygen atoms in total. The van der Waals surface area contributed by atoms with Crippen molar-refractivity contribution in [2.75, 3.05) is 14.2 Å². The highest BCUT2D eigenvalue weighted by atomic mass is 79.9. The number of rotatable bonds is 6. The van der Waals surface area contributed by atoms with Crippen molar-refractivity contribution >= 4 is 32.9 Å². The van der Waals surface area contributed by atoms with E-state index in [1.54, 1.807) is 43.6 Å². The molecule has 30 heavy (non-hydrogen) atoms. The summed E-state index contributed by atoms with van der Waals surface area (Å²) in [6, 6.07) is 16.3. The van der Waals surface area contributed by atoms with Crippen LogP contribution in [-0.2, 0) is 11.3 Å². The summed E-state index contributed by atoms with van der Waals surface area (Å²) in [5, 5.41) is 5.34. The highest BCUT2D eigenvalue weighted by Crippen LogP contribution is 2.34. The number of hydrogen-bond donors (Lipinski definition) is 0. The third-order valence-electron chi connectivity index (χ3n) is 4.55. The van der Waals surface area contributed by atoms with Crippen molar-refractivity contribution in [3.05, 3.63) is 76.5 Å². The number of esters is 1. The van der Waals surface area contributed by atoms with Gasteiger partial charge in [0.05, 0.1) is 31.7 Å². The predicted molar refractivity (Wildman–Crippen MR) is 115 cm³/mol. The van der Waals surface area contributed by atoms with Gasteiger partial charge in [-0.1, -0.05) is 12.1 Å². The van der Waals surface area contributed by atoms with Gasteiger partial charge in [0, 0.05) is 12.3 Å². The fourth-order valence-corrected chi connectivity index (χ4v) is 3.59. The van der Waals surface area contributed by atoms with Gasteiger partial charge in [0.2, 0.25) is 0 Å². The Labute approximate surface area is 181 Å². The maximum Gasteiger partial charge on any atom is 0.337 e. The molecule has 0 saturated carbocycles.